The highest BCUT2D eigenvalue weighted by atomic mass is 79.9. The first-order valence-corrected chi connectivity index (χ1v) is 10.2. The van der Waals surface area contributed by atoms with Gasteiger partial charge in [-0.25, -0.2) is 0 Å². The average molecular weight is 484 g/mol. The number of carbonyl (C=O) groups excluding carboxylic acids is 1. The van der Waals surface area contributed by atoms with Crippen LogP contribution in [0.3, 0.4) is 0 Å². The van der Waals surface area contributed by atoms with E-state index in [4.69, 9.17) is 4.74 Å². The average Bonchev–Trinajstić information content (AvgIpc) is 2.89. The summed E-state index contributed by atoms with van der Waals surface area (Å²) in [6.07, 6.45) is 2.95. The van der Waals surface area contributed by atoms with Crippen molar-refractivity contribution in [2.24, 2.45) is 5.92 Å². The molecule has 130 valence electrons. The van der Waals surface area contributed by atoms with Crippen molar-refractivity contribution in [2.75, 3.05) is 12.4 Å². The first-order chi connectivity index (χ1) is 11.9. The molecule has 1 N–H and O–H groups in total. The summed E-state index contributed by atoms with van der Waals surface area (Å²) in [4.78, 5) is 14.0. The summed E-state index contributed by atoms with van der Waals surface area (Å²) in [6, 6.07) is 5.80. The first kappa shape index (κ1) is 18.4. The molecule has 1 aliphatic rings. The van der Waals surface area contributed by atoms with Crippen molar-refractivity contribution in [3.05, 3.63) is 42.6 Å². The molecule has 1 amide bonds. The number of anilines is 1. The van der Waals surface area contributed by atoms with Gasteiger partial charge in [0.25, 0.3) is 5.91 Å². The predicted octanol–water partition coefficient (Wildman–Crippen LogP) is 5.53. The minimum Gasteiger partial charge on any atom is -0.495 e. The van der Waals surface area contributed by atoms with Gasteiger partial charge in [0.05, 0.1) is 22.7 Å². The van der Waals surface area contributed by atoms with Crippen molar-refractivity contribution in [1.29, 1.82) is 5.26 Å². The van der Waals surface area contributed by atoms with E-state index in [0.29, 0.717) is 32.3 Å². The zero-order chi connectivity index (χ0) is 18.1. The monoisotopic (exact) mass is 482 g/mol. The largest absolute Gasteiger partial charge is 0.495 e. The van der Waals surface area contributed by atoms with E-state index in [1.54, 1.807) is 6.07 Å². The molecule has 25 heavy (non-hydrogen) atoms. The molecule has 1 aromatic carbocycles. The molecular formula is C18H16Br2N2O2S. The molecule has 1 aromatic heterocycles. The van der Waals surface area contributed by atoms with E-state index in [0.717, 1.165) is 29.3 Å². The Labute approximate surface area is 167 Å². The Balaban J connectivity index is 1.96. The third-order valence-corrected chi connectivity index (χ3v) is 6.52. The topological polar surface area (TPSA) is 62.1 Å². The van der Waals surface area contributed by atoms with Crippen LogP contribution >= 0.6 is 43.2 Å². The first-order valence-electron chi connectivity index (χ1n) is 7.83. The summed E-state index contributed by atoms with van der Waals surface area (Å²) in [5.41, 5.74) is 2.11. The molecule has 2 aromatic rings. The van der Waals surface area contributed by atoms with Crippen molar-refractivity contribution in [2.45, 2.75) is 26.2 Å². The predicted molar refractivity (Wildman–Crippen MR) is 107 cm³/mol. The van der Waals surface area contributed by atoms with Gasteiger partial charge in [0.2, 0.25) is 0 Å². The number of hydrogen-bond donors (Lipinski definition) is 1. The van der Waals surface area contributed by atoms with Crippen LogP contribution in [-0.2, 0) is 12.8 Å². The maximum absolute atomic E-state index is 12.8. The molecule has 0 spiro atoms. The molecule has 1 aliphatic carbocycles. The van der Waals surface area contributed by atoms with Crippen molar-refractivity contribution < 1.29 is 9.53 Å². The van der Waals surface area contributed by atoms with Crippen LogP contribution in [-0.4, -0.2) is 13.0 Å². The van der Waals surface area contributed by atoms with E-state index >= 15 is 0 Å². The second-order valence-corrected chi connectivity index (χ2v) is 8.97. The molecule has 0 bridgehead atoms. The Hall–Kier alpha value is -1.36. The number of benzene rings is 1. The standard InChI is InChI=1S/C18H16Br2N2O2S/c1-9-3-4-11-13(8-21)18(25-15(11)5-9)22-17(23)12-6-10(19)7-14(20)16(12)24-2/h6-7,9H,3-5H2,1-2H3,(H,22,23)/t9-/m1/s1. The number of methoxy groups -OCH3 is 1. The van der Waals surface area contributed by atoms with Crippen molar-refractivity contribution in [1.82, 2.24) is 0 Å². The second-order valence-electron chi connectivity index (χ2n) is 6.09. The number of fused-ring (bicyclic) bond motifs is 1. The molecule has 0 unspecified atom stereocenters. The molecule has 0 fully saturated rings. The lowest BCUT2D eigenvalue weighted by molar-refractivity contribution is 0.102. The fourth-order valence-corrected chi connectivity index (χ4v) is 5.81. The number of nitrogens with one attached hydrogen (secondary N) is 1. The van der Waals surface area contributed by atoms with Gasteiger partial charge < -0.3 is 10.1 Å². The van der Waals surface area contributed by atoms with Gasteiger partial charge in [-0.05, 0) is 58.8 Å². The molecule has 1 atom stereocenters. The highest BCUT2D eigenvalue weighted by Crippen LogP contribution is 2.40. The maximum atomic E-state index is 12.8. The van der Waals surface area contributed by atoms with Crippen molar-refractivity contribution in [3.8, 4) is 11.8 Å². The van der Waals surface area contributed by atoms with E-state index in [9.17, 15) is 10.1 Å². The number of ether oxygens (including phenoxy) is 1. The zero-order valence-corrected chi connectivity index (χ0v) is 17.8. The van der Waals surface area contributed by atoms with Gasteiger partial charge in [-0.3, -0.25) is 4.79 Å². The fraction of sp³-hybridized carbons (Fsp3) is 0.333. The van der Waals surface area contributed by atoms with Gasteiger partial charge in [0, 0.05) is 9.35 Å². The highest BCUT2D eigenvalue weighted by molar-refractivity contribution is 9.11. The lowest BCUT2D eigenvalue weighted by atomic mass is 9.88. The molecule has 7 heteroatoms. The minimum atomic E-state index is -0.290. The van der Waals surface area contributed by atoms with Gasteiger partial charge in [0.15, 0.2) is 0 Å². The Bertz CT molecular complexity index is 886. The zero-order valence-electron chi connectivity index (χ0n) is 13.8. The van der Waals surface area contributed by atoms with Crippen molar-refractivity contribution >= 4 is 54.1 Å². The van der Waals surface area contributed by atoms with Crippen LogP contribution in [0.5, 0.6) is 5.75 Å². The van der Waals surface area contributed by atoms with Crippen molar-refractivity contribution in [3.63, 3.8) is 0 Å². The number of hydrogen-bond acceptors (Lipinski definition) is 4. The van der Waals surface area contributed by atoms with Gasteiger partial charge in [-0.15, -0.1) is 11.3 Å². The molecular weight excluding hydrogens is 468 g/mol. The van der Waals surface area contributed by atoms with Crippen LogP contribution in [0, 0.1) is 17.2 Å². The SMILES string of the molecule is COc1c(Br)cc(Br)cc1C(=O)Nc1sc2c(c1C#N)CC[C@@H](C)C2. The number of nitrogens with zero attached hydrogens (tertiary/aromatic N) is 1. The molecule has 0 saturated carbocycles. The van der Waals surface area contributed by atoms with Gasteiger partial charge in [-0.2, -0.15) is 5.26 Å². The maximum Gasteiger partial charge on any atom is 0.260 e. The lowest BCUT2D eigenvalue weighted by Crippen LogP contribution is -2.13. The van der Waals surface area contributed by atoms with Crippen LogP contribution < -0.4 is 10.1 Å². The molecule has 0 radical (unpaired) electrons. The summed E-state index contributed by atoms with van der Waals surface area (Å²) in [6.45, 7) is 2.22. The molecule has 0 aliphatic heterocycles. The highest BCUT2D eigenvalue weighted by Gasteiger charge is 2.25. The summed E-state index contributed by atoms with van der Waals surface area (Å²) in [7, 11) is 1.52. The number of carbonyl (C=O) groups is 1. The molecule has 0 saturated heterocycles. The van der Waals surface area contributed by atoms with Gasteiger partial charge in [-0.1, -0.05) is 22.9 Å². The van der Waals surface area contributed by atoms with Crippen LogP contribution in [0.2, 0.25) is 0 Å². The Kier molecular flexibility index (Phi) is 5.52. The molecule has 3 rings (SSSR count). The van der Waals surface area contributed by atoms with E-state index < -0.39 is 0 Å². The number of amides is 1. The van der Waals surface area contributed by atoms with E-state index in [1.165, 1.54) is 23.3 Å². The number of rotatable bonds is 3. The summed E-state index contributed by atoms with van der Waals surface area (Å²) >= 11 is 8.32. The van der Waals surface area contributed by atoms with Gasteiger partial charge >= 0.3 is 0 Å². The molecule has 1 heterocycles. The van der Waals surface area contributed by atoms with Gasteiger partial charge in [0.1, 0.15) is 16.8 Å². The smallest absolute Gasteiger partial charge is 0.260 e. The van der Waals surface area contributed by atoms with Crippen LogP contribution in [0.4, 0.5) is 5.00 Å². The van der Waals surface area contributed by atoms with Crippen LogP contribution in [0.25, 0.3) is 0 Å². The fourth-order valence-electron chi connectivity index (χ4n) is 3.06. The summed E-state index contributed by atoms with van der Waals surface area (Å²) in [5, 5.41) is 13.1. The Morgan fingerprint density at radius 2 is 2.20 bits per heavy atom. The molecule has 4 nitrogen and oxygen atoms in total. The number of nitriles is 1. The quantitative estimate of drug-likeness (QED) is 0.624. The van der Waals surface area contributed by atoms with Crippen LogP contribution in [0.1, 0.15) is 39.7 Å². The lowest BCUT2D eigenvalue weighted by Gasteiger charge is -2.17. The Morgan fingerprint density at radius 1 is 1.44 bits per heavy atom. The summed E-state index contributed by atoms with van der Waals surface area (Å²) < 4.78 is 6.81. The third-order valence-electron chi connectivity index (χ3n) is 4.31. The third kappa shape index (κ3) is 3.62. The normalized spacial score (nSPS) is 16.0. The van der Waals surface area contributed by atoms with E-state index in [2.05, 4.69) is 50.2 Å². The number of halogens is 2. The second kappa shape index (κ2) is 7.48. The van der Waals surface area contributed by atoms with E-state index in [-0.39, 0.29) is 5.91 Å². The van der Waals surface area contributed by atoms with E-state index in [1.807, 2.05) is 6.07 Å². The van der Waals surface area contributed by atoms with Crippen LogP contribution in [0.15, 0.2) is 21.1 Å². The number of thiophene rings is 1. The summed E-state index contributed by atoms with van der Waals surface area (Å²) in [5.74, 6) is 0.790. The Morgan fingerprint density at radius 3 is 2.88 bits per heavy atom. The minimum absolute atomic E-state index is 0.290.